The number of benzene rings is 2. The molecule has 2 heterocycles. The second-order valence-corrected chi connectivity index (χ2v) is 7.68. The van der Waals surface area contributed by atoms with Gasteiger partial charge in [-0.05, 0) is 49.4 Å². The van der Waals surface area contributed by atoms with Gasteiger partial charge in [-0.15, -0.1) is 0 Å². The Kier molecular flexibility index (Phi) is 6.33. The number of amides is 4. The molecule has 0 unspecified atom stereocenters. The number of carbonyl (C=O) groups excluding carboxylic acids is 5. The van der Waals surface area contributed by atoms with Crippen LogP contribution < -0.4 is 15.5 Å². The predicted molar refractivity (Wildman–Crippen MR) is 120 cm³/mol. The lowest BCUT2D eigenvalue weighted by atomic mass is 10.1. The van der Waals surface area contributed by atoms with Gasteiger partial charge in [0.15, 0.2) is 0 Å². The van der Waals surface area contributed by atoms with Gasteiger partial charge in [-0.1, -0.05) is 11.6 Å². The molecule has 2 N–H and O–H groups in total. The van der Waals surface area contributed by atoms with Crippen molar-refractivity contribution >= 4 is 47.1 Å². The van der Waals surface area contributed by atoms with Crippen molar-refractivity contribution in [2.24, 2.45) is 0 Å². The van der Waals surface area contributed by atoms with Crippen LogP contribution in [0.5, 0.6) is 0 Å². The zero-order chi connectivity index (χ0) is 24.4. The van der Waals surface area contributed by atoms with Crippen molar-refractivity contribution in [2.75, 3.05) is 24.7 Å². The van der Waals surface area contributed by atoms with Crippen molar-refractivity contribution in [3.63, 3.8) is 0 Å². The highest BCUT2D eigenvalue weighted by Gasteiger charge is 2.37. The second kappa shape index (κ2) is 9.36. The molecule has 174 valence electrons. The summed E-state index contributed by atoms with van der Waals surface area (Å²) in [7, 11) is 0. The van der Waals surface area contributed by atoms with E-state index in [9.17, 15) is 24.0 Å². The fourth-order valence-electron chi connectivity index (χ4n) is 3.48. The van der Waals surface area contributed by atoms with Gasteiger partial charge in [0, 0.05) is 5.02 Å². The minimum atomic E-state index is -0.809. The van der Waals surface area contributed by atoms with Crippen LogP contribution in [0.25, 0.3) is 0 Å². The normalized spacial score (nSPS) is 15.0. The number of anilines is 1. The van der Waals surface area contributed by atoms with Crippen LogP contribution in [0.2, 0.25) is 5.02 Å². The third-order valence-corrected chi connectivity index (χ3v) is 5.38. The van der Waals surface area contributed by atoms with Crippen LogP contribution >= 0.6 is 11.6 Å². The Hall–Kier alpha value is -4.18. The number of urea groups is 1. The summed E-state index contributed by atoms with van der Waals surface area (Å²) in [6, 6.07) is 9.65. The number of fused-ring (bicyclic) bond motifs is 1. The standard InChI is InChI=1S/C23H18ClN3O7/c1-2-33-22(31)17-10-25-23(32)26-18(17)11-34-21(30)12-3-8-15-16(9-12)20(29)27(19(15)28)14-6-4-13(24)5-7-14/h3-9H,2,10-11H2,1H3,(H2,25,26,32). The number of nitrogens with zero attached hydrogens (tertiary/aromatic N) is 1. The van der Waals surface area contributed by atoms with Crippen LogP contribution in [-0.4, -0.2) is 49.5 Å². The summed E-state index contributed by atoms with van der Waals surface area (Å²) in [6.07, 6.45) is 0. The molecule has 0 radical (unpaired) electrons. The van der Waals surface area contributed by atoms with Gasteiger partial charge in [0.05, 0.1) is 46.8 Å². The molecule has 10 nitrogen and oxygen atoms in total. The van der Waals surface area contributed by atoms with Gasteiger partial charge in [-0.25, -0.2) is 19.3 Å². The number of nitrogens with one attached hydrogen (secondary N) is 2. The summed E-state index contributed by atoms with van der Waals surface area (Å²) in [6.45, 7) is 1.30. The van der Waals surface area contributed by atoms with Gasteiger partial charge in [0.2, 0.25) is 0 Å². The highest BCUT2D eigenvalue weighted by atomic mass is 35.5. The highest BCUT2D eigenvalue weighted by molar-refractivity contribution is 6.35. The lowest BCUT2D eigenvalue weighted by Gasteiger charge is -2.21. The number of carbonyl (C=O) groups is 5. The zero-order valence-corrected chi connectivity index (χ0v) is 18.6. The molecule has 4 rings (SSSR count). The number of hydrogen-bond donors (Lipinski definition) is 2. The second-order valence-electron chi connectivity index (χ2n) is 7.24. The highest BCUT2D eigenvalue weighted by Crippen LogP contribution is 2.30. The molecular formula is C23H18ClN3O7. The first-order valence-corrected chi connectivity index (χ1v) is 10.6. The molecule has 11 heteroatoms. The van der Waals surface area contributed by atoms with Crippen molar-refractivity contribution in [1.82, 2.24) is 10.6 Å². The fourth-order valence-corrected chi connectivity index (χ4v) is 3.61. The molecule has 0 atom stereocenters. The lowest BCUT2D eigenvalue weighted by molar-refractivity contribution is -0.138. The lowest BCUT2D eigenvalue weighted by Crippen LogP contribution is -2.45. The maximum atomic E-state index is 12.9. The molecule has 0 saturated carbocycles. The van der Waals surface area contributed by atoms with E-state index < -0.39 is 36.4 Å². The Morgan fingerprint density at radius 2 is 1.68 bits per heavy atom. The van der Waals surface area contributed by atoms with Crippen LogP contribution in [-0.2, 0) is 14.3 Å². The molecule has 2 aromatic rings. The third kappa shape index (κ3) is 4.35. The Bertz CT molecular complexity index is 1250. The number of imide groups is 1. The van der Waals surface area contributed by atoms with E-state index in [0.717, 1.165) is 4.90 Å². The zero-order valence-electron chi connectivity index (χ0n) is 17.8. The third-order valence-electron chi connectivity index (χ3n) is 5.13. The van der Waals surface area contributed by atoms with Crippen molar-refractivity contribution in [1.29, 1.82) is 0 Å². The van der Waals surface area contributed by atoms with Crippen molar-refractivity contribution in [2.45, 2.75) is 6.92 Å². The first-order valence-electron chi connectivity index (χ1n) is 10.2. The van der Waals surface area contributed by atoms with E-state index >= 15 is 0 Å². The van der Waals surface area contributed by atoms with Crippen LogP contribution in [0.4, 0.5) is 10.5 Å². The van der Waals surface area contributed by atoms with Gasteiger partial charge in [0.25, 0.3) is 11.8 Å². The smallest absolute Gasteiger partial charge is 0.338 e. The van der Waals surface area contributed by atoms with E-state index in [1.54, 1.807) is 31.2 Å². The first-order chi connectivity index (χ1) is 16.3. The Morgan fingerprint density at radius 1 is 0.971 bits per heavy atom. The SMILES string of the molecule is CCOC(=O)C1=C(COC(=O)c2ccc3c(c2)C(=O)N(c2ccc(Cl)cc2)C3=O)NC(=O)NC1. The van der Waals surface area contributed by atoms with Crippen molar-refractivity contribution < 1.29 is 33.4 Å². The molecule has 2 aromatic carbocycles. The molecule has 0 bridgehead atoms. The van der Waals surface area contributed by atoms with Gasteiger partial charge in [-0.2, -0.15) is 0 Å². The molecule has 4 amide bonds. The summed E-state index contributed by atoms with van der Waals surface area (Å²) in [5.74, 6) is -2.57. The molecule has 0 fully saturated rings. The number of ether oxygens (including phenoxy) is 2. The maximum absolute atomic E-state index is 12.9. The number of rotatable bonds is 6. The van der Waals surface area contributed by atoms with Crippen LogP contribution in [0.1, 0.15) is 38.0 Å². The average Bonchev–Trinajstić information content (AvgIpc) is 3.07. The van der Waals surface area contributed by atoms with E-state index in [0.29, 0.717) is 10.7 Å². The van der Waals surface area contributed by atoms with Gasteiger partial charge >= 0.3 is 18.0 Å². The molecule has 34 heavy (non-hydrogen) atoms. The summed E-state index contributed by atoms with van der Waals surface area (Å²) in [4.78, 5) is 63.0. The molecule has 0 aliphatic carbocycles. The number of halogens is 1. The fraction of sp³-hybridized carbons (Fsp3) is 0.174. The minimum absolute atomic E-state index is 0.0244. The average molecular weight is 484 g/mol. The summed E-state index contributed by atoms with van der Waals surface area (Å²) >= 11 is 5.88. The van der Waals surface area contributed by atoms with E-state index in [2.05, 4.69) is 10.6 Å². The Morgan fingerprint density at radius 3 is 2.38 bits per heavy atom. The van der Waals surface area contributed by atoms with Gasteiger partial charge in [0.1, 0.15) is 6.61 Å². The molecule has 0 spiro atoms. The summed E-state index contributed by atoms with van der Waals surface area (Å²) in [5, 5.41) is 5.33. The number of hydrogen-bond acceptors (Lipinski definition) is 7. The minimum Gasteiger partial charge on any atom is -0.463 e. The Balaban J connectivity index is 1.52. The largest absolute Gasteiger partial charge is 0.463 e. The predicted octanol–water partition coefficient (Wildman–Crippen LogP) is 2.43. The summed E-state index contributed by atoms with van der Waals surface area (Å²) in [5.41, 5.74) is 0.793. The van der Waals surface area contributed by atoms with Crippen molar-refractivity contribution in [3.8, 4) is 0 Å². The van der Waals surface area contributed by atoms with E-state index in [-0.39, 0.29) is 41.1 Å². The topological polar surface area (TPSA) is 131 Å². The maximum Gasteiger partial charge on any atom is 0.338 e. The van der Waals surface area contributed by atoms with Gasteiger partial charge < -0.3 is 20.1 Å². The molecule has 0 saturated heterocycles. The quantitative estimate of drug-likeness (QED) is 0.476. The monoisotopic (exact) mass is 483 g/mol. The molecule has 2 aliphatic heterocycles. The van der Waals surface area contributed by atoms with Gasteiger partial charge in [-0.3, -0.25) is 9.59 Å². The number of esters is 2. The van der Waals surface area contributed by atoms with Crippen LogP contribution in [0.3, 0.4) is 0 Å². The molecule has 0 aromatic heterocycles. The van der Waals surface area contributed by atoms with Crippen LogP contribution in [0, 0.1) is 0 Å². The first kappa shape index (κ1) is 23.0. The molecule has 2 aliphatic rings. The summed E-state index contributed by atoms with van der Waals surface area (Å²) < 4.78 is 10.2. The van der Waals surface area contributed by atoms with E-state index in [4.69, 9.17) is 21.1 Å². The van der Waals surface area contributed by atoms with E-state index in [1.165, 1.54) is 18.2 Å². The Labute approximate surface area is 198 Å². The van der Waals surface area contributed by atoms with E-state index in [1.807, 2.05) is 0 Å². The molecular weight excluding hydrogens is 466 g/mol. The van der Waals surface area contributed by atoms with Crippen LogP contribution in [0.15, 0.2) is 53.7 Å². The van der Waals surface area contributed by atoms with Crippen molar-refractivity contribution in [3.05, 3.63) is 75.4 Å².